The van der Waals surface area contributed by atoms with Gasteiger partial charge in [0.1, 0.15) is 23.1 Å². The monoisotopic (exact) mass is 653 g/mol. The summed E-state index contributed by atoms with van der Waals surface area (Å²) in [6, 6.07) is 9.32. The molecule has 0 spiro atoms. The zero-order valence-electron chi connectivity index (χ0n) is 28.4. The Morgan fingerprint density at radius 2 is 1.92 bits per heavy atom. The van der Waals surface area contributed by atoms with Crippen LogP contribution in [0.5, 0.6) is 5.88 Å². The molecule has 8 rings (SSSR count). The molecule has 12 nitrogen and oxygen atoms in total. The number of nitrogens with zero attached hydrogens (tertiary/aromatic N) is 5. The fourth-order valence-corrected chi connectivity index (χ4v) is 7.84. The molecule has 0 aromatic carbocycles. The van der Waals surface area contributed by atoms with Gasteiger partial charge < -0.3 is 29.6 Å². The van der Waals surface area contributed by atoms with Gasteiger partial charge in [-0.2, -0.15) is 0 Å². The van der Waals surface area contributed by atoms with Crippen molar-refractivity contribution in [2.24, 2.45) is 11.3 Å². The topological polar surface area (TPSA) is 132 Å². The Labute approximate surface area is 279 Å². The number of rotatable bonds is 7. The quantitative estimate of drug-likeness (QED) is 0.282. The van der Waals surface area contributed by atoms with Gasteiger partial charge in [0.2, 0.25) is 5.91 Å². The van der Waals surface area contributed by atoms with Gasteiger partial charge in [-0.3, -0.25) is 14.0 Å². The van der Waals surface area contributed by atoms with E-state index in [-0.39, 0.29) is 42.1 Å². The van der Waals surface area contributed by atoms with E-state index in [1.165, 1.54) is 12.8 Å². The van der Waals surface area contributed by atoms with E-state index in [2.05, 4.69) is 27.3 Å². The van der Waals surface area contributed by atoms with E-state index in [0.29, 0.717) is 29.4 Å². The van der Waals surface area contributed by atoms with Crippen LogP contribution in [0, 0.1) is 18.3 Å². The molecule has 3 saturated heterocycles. The number of nitrogens with one attached hydrogen (secondary N) is 2. The van der Waals surface area contributed by atoms with E-state index in [1.54, 1.807) is 13.2 Å². The minimum Gasteiger partial charge on any atom is -0.482 e. The van der Waals surface area contributed by atoms with E-state index in [1.807, 2.05) is 56.1 Å². The first-order valence-corrected chi connectivity index (χ1v) is 17.1. The predicted octanol–water partition coefficient (Wildman–Crippen LogP) is 5.16. The van der Waals surface area contributed by atoms with Crippen LogP contribution < -0.4 is 15.4 Å². The minimum absolute atomic E-state index is 0.0190. The third kappa shape index (κ3) is 4.98. The predicted molar refractivity (Wildman–Crippen MR) is 179 cm³/mol. The SMILES string of the molecule is COc1cc(C(=O)N2[C@H]3CC[C@@H]2[C@@H]2NC(=O)O[C@@H]2C3)cc2nc(-c3cc4ccc([C@@H](C)NC(=O)C(C)(C)C)nc4n3CC3CC3)c(C)n12. The van der Waals surface area contributed by atoms with Crippen LogP contribution in [0.4, 0.5) is 4.79 Å². The van der Waals surface area contributed by atoms with E-state index >= 15 is 0 Å². The number of aromatic nitrogens is 4. The Hall–Kier alpha value is -4.61. The Morgan fingerprint density at radius 3 is 2.65 bits per heavy atom. The van der Waals surface area contributed by atoms with Crippen molar-refractivity contribution < 1.29 is 23.9 Å². The van der Waals surface area contributed by atoms with Crippen LogP contribution in [-0.2, 0) is 16.1 Å². The number of imidazole rings is 1. The highest BCUT2D eigenvalue weighted by atomic mass is 16.6. The second-order valence-electron chi connectivity index (χ2n) is 15.1. The smallest absolute Gasteiger partial charge is 0.407 e. The number of carbonyl (C=O) groups excluding carboxylic acids is 3. The molecule has 252 valence electrons. The van der Waals surface area contributed by atoms with Crippen molar-refractivity contribution in [3.05, 3.63) is 47.3 Å². The Kier molecular flexibility index (Phi) is 7.01. The first kappa shape index (κ1) is 30.7. The highest BCUT2D eigenvalue weighted by Gasteiger charge is 2.54. The molecule has 4 aliphatic rings. The summed E-state index contributed by atoms with van der Waals surface area (Å²) >= 11 is 0. The summed E-state index contributed by atoms with van der Waals surface area (Å²) in [5.41, 5.74) is 4.97. The second kappa shape index (κ2) is 11.0. The molecule has 7 heterocycles. The summed E-state index contributed by atoms with van der Waals surface area (Å²) < 4.78 is 15.6. The lowest BCUT2D eigenvalue weighted by atomic mass is 9.94. The highest BCUT2D eigenvalue weighted by Crippen LogP contribution is 2.41. The fourth-order valence-electron chi connectivity index (χ4n) is 7.84. The maximum atomic E-state index is 14.2. The number of fused-ring (bicyclic) bond motifs is 6. The molecular formula is C36H43N7O5. The Balaban J connectivity index is 1.17. The lowest BCUT2D eigenvalue weighted by Gasteiger charge is -2.40. The van der Waals surface area contributed by atoms with E-state index < -0.39 is 11.5 Å². The standard InChI is InChI=1S/C36H43N7O5/c1-18(37-34(45)36(3,4)5)24-11-9-21-13-26(41(32(21)38-24)17-20-7-8-20)30-19(2)42-28(39-30)14-22(15-29(42)47-6)33(44)43-23-10-12-25(43)31-27(16-23)48-35(46)40-31/h9,11,13-15,18,20,23,25,27,31H,7-8,10,12,16-17H2,1-6H3,(H,37,45)(H,40,46)/t18-,23+,25-,27-,31+/m1/s1. The molecule has 4 aromatic rings. The number of pyridine rings is 2. The lowest BCUT2D eigenvalue weighted by molar-refractivity contribution is -0.129. The van der Waals surface area contributed by atoms with Crippen LogP contribution in [0.25, 0.3) is 28.1 Å². The fraction of sp³-hybridized carbons (Fsp3) is 0.528. The van der Waals surface area contributed by atoms with Crippen LogP contribution in [0.2, 0.25) is 0 Å². The molecule has 2 N–H and O–H groups in total. The van der Waals surface area contributed by atoms with E-state index in [9.17, 15) is 14.4 Å². The van der Waals surface area contributed by atoms with Crippen molar-refractivity contribution in [3.8, 4) is 17.3 Å². The molecule has 4 aromatic heterocycles. The summed E-state index contributed by atoms with van der Waals surface area (Å²) in [7, 11) is 1.61. The van der Waals surface area contributed by atoms with E-state index in [4.69, 9.17) is 19.4 Å². The van der Waals surface area contributed by atoms with Crippen molar-refractivity contribution in [3.63, 3.8) is 0 Å². The average Bonchev–Trinajstić information content (AvgIpc) is 3.37. The first-order valence-electron chi connectivity index (χ1n) is 17.1. The van der Waals surface area contributed by atoms with Crippen LogP contribution in [0.3, 0.4) is 0 Å². The summed E-state index contributed by atoms with van der Waals surface area (Å²) in [6.45, 7) is 10.5. The van der Waals surface area contributed by atoms with Gasteiger partial charge in [-0.1, -0.05) is 20.8 Å². The summed E-state index contributed by atoms with van der Waals surface area (Å²) in [5, 5.41) is 7.06. The molecule has 2 bridgehead atoms. The van der Waals surface area contributed by atoms with Crippen molar-refractivity contribution >= 4 is 34.6 Å². The van der Waals surface area contributed by atoms with Crippen LogP contribution in [0.15, 0.2) is 30.3 Å². The van der Waals surface area contributed by atoms with Crippen molar-refractivity contribution in [1.82, 2.24) is 34.5 Å². The Morgan fingerprint density at radius 1 is 1.12 bits per heavy atom. The zero-order valence-corrected chi connectivity index (χ0v) is 28.4. The van der Waals surface area contributed by atoms with Crippen LogP contribution in [0.1, 0.15) is 87.6 Å². The normalized spacial score (nSPS) is 24.0. The molecule has 5 atom stereocenters. The van der Waals surface area contributed by atoms with Gasteiger partial charge in [-0.15, -0.1) is 0 Å². The van der Waals surface area contributed by atoms with Gasteiger partial charge in [-0.05, 0) is 69.7 Å². The number of carbonyl (C=O) groups is 3. The number of hydrogen-bond donors (Lipinski definition) is 2. The molecule has 0 unspecified atom stereocenters. The number of amides is 3. The second-order valence-corrected chi connectivity index (χ2v) is 15.1. The number of piperidine rings is 1. The molecule has 3 aliphatic heterocycles. The van der Waals surface area contributed by atoms with Crippen molar-refractivity contribution in [1.29, 1.82) is 0 Å². The summed E-state index contributed by atoms with van der Waals surface area (Å²) in [5.74, 6) is 1.00. The third-order valence-electron chi connectivity index (χ3n) is 10.6. The third-order valence-corrected chi connectivity index (χ3v) is 10.6. The summed E-state index contributed by atoms with van der Waals surface area (Å²) in [6.07, 6.45) is 4.12. The maximum Gasteiger partial charge on any atom is 0.407 e. The van der Waals surface area contributed by atoms with Crippen LogP contribution >= 0.6 is 0 Å². The molecular weight excluding hydrogens is 610 g/mol. The highest BCUT2D eigenvalue weighted by molar-refractivity contribution is 5.97. The molecule has 0 radical (unpaired) electrons. The van der Waals surface area contributed by atoms with Gasteiger partial charge in [0, 0.05) is 41.4 Å². The molecule has 48 heavy (non-hydrogen) atoms. The molecule has 1 saturated carbocycles. The number of methoxy groups -OCH3 is 1. The van der Waals surface area contributed by atoms with Gasteiger partial charge >= 0.3 is 6.09 Å². The van der Waals surface area contributed by atoms with Gasteiger partial charge in [0.05, 0.1) is 42.3 Å². The van der Waals surface area contributed by atoms with Gasteiger partial charge in [0.25, 0.3) is 5.91 Å². The molecule has 3 amide bonds. The van der Waals surface area contributed by atoms with Gasteiger partial charge in [-0.25, -0.2) is 14.8 Å². The zero-order chi connectivity index (χ0) is 33.6. The average molecular weight is 654 g/mol. The van der Waals surface area contributed by atoms with Crippen molar-refractivity contribution in [2.75, 3.05) is 7.11 Å². The summed E-state index contributed by atoms with van der Waals surface area (Å²) in [4.78, 5) is 51.1. The number of aryl methyl sites for hydroxylation is 1. The lowest BCUT2D eigenvalue weighted by Crippen LogP contribution is -2.58. The largest absolute Gasteiger partial charge is 0.482 e. The van der Waals surface area contributed by atoms with E-state index in [0.717, 1.165) is 53.2 Å². The minimum atomic E-state index is -0.497. The molecule has 4 fully saturated rings. The molecule has 1 aliphatic carbocycles. The Bertz CT molecular complexity index is 1990. The van der Waals surface area contributed by atoms with Crippen LogP contribution in [-0.4, -0.2) is 73.1 Å². The number of ether oxygens (including phenoxy) is 2. The molecule has 12 heteroatoms. The van der Waals surface area contributed by atoms with Gasteiger partial charge in [0.15, 0.2) is 5.88 Å². The van der Waals surface area contributed by atoms with Crippen molar-refractivity contribution in [2.45, 2.75) is 104 Å². The maximum absolute atomic E-state index is 14.2. The number of hydrogen-bond acceptors (Lipinski definition) is 7. The number of alkyl carbamates (subject to hydrolysis) is 1. The first-order chi connectivity index (χ1) is 22.9.